The molecule has 1 fully saturated rings. The van der Waals surface area contributed by atoms with E-state index in [4.69, 9.17) is 11.6 Å². The Labute approximate surface area is 111 Å². The molecule has 1 saturated heterocycles. The van der Waals surface area contributed by atoms with E-state index in [0.29, 0.717) is 5.92 Å². The lowest BCUT2D eigenvalue weighted by atomic mass is 10.00. The number of nitrogens with one attached hydrogen (secondary N) is 2. The number of benzene rings is 1. The Kier molecular flexibility index (Phi) is 4.38. The minimum Gasteiger partial charge on any atom is -0.385 e. The Morgan fingerprint density at radius 1 is 1.56 bits per heavy atom. The number of halogens is 1. The first-order valence-corrected chi connectivity index (χ1v) is 6.43. The second-order valence-corrected chi connectivity index (χ2v) is 4.92. The van der Waals surface area contributed by atoms with Crippen molar-refractivity contribution in [1.82, 2.24) is 5.32 Å². The number of hydrogen-bond acceptors (Lipinski definition) is 4. The lowest BCUT2D eigenvalue weighted by Gasteiger charge is -2.23. The van der Waals surface area contributed by atoms with Gasteiger partial charge in [-0.1, -0.05) is 11.6 Å². The largest absolute Gasteiger partial charge is 0.385 e. The lowest BCUT2D eigenvalue weighted by Crippen LogP contribution is -2.33. The van der Waals surface area contributed by atoms with Crippen LogP contribution >= 0.6 is 11.6 Å². The highest BCUT2D eigenvalue weighted by molar-refractivity contribution is 6.32. The summed E-state index contributed by atoms with van der Waals surface area (Å²) in [6, 6.07) is 4.81. The van der Waals surface area contributed by atoms with Gasteiger partial charge in [-0.25, -0.2) is 0 Å². The molecule has 1 unspecified atom stereocenters. The van der Waals surface area contributed by atoms with E-state index in [1.807, 2.05) is 0 Å². The van der Waals surface area contributed by atoms with Gasteiger partial charge in [-0.15, -0.1) is 0 Å². The Morgan fingerprint density at radius 2 is 2.39 bits per heavy atom. The number of hydrogen-bond donors (Lipinski definition) is 2. The molecule has 1 aromatic carbocycles. The summed E-state index contributed by atoms with van der Waals surface area (Å²) < 4.78 is 0. The minimum absolute atomic E-state index is 0.0524. The van der Waals surface area contributed by atoms with E-state index >= 15 is 0 Å². The van der Waals surface area contributed by atoms with Crippen LogP contribution in [0.4, 0.5) is 11.4 Å². The van der Waals surface area contributed by atoms with Gasteiger partial charge in [0.15, 0.2) is 0 Å². The monoisotopic (exact) mass is 269 g/mol. The van der Waals surface area contributed by atoms with Crippen molar-refractivity contribution in [3.63, 3.8) is 0 Å². The fourth-order valence-corrected chi connectivity index (χ4v) is 2.31. The van der Waals surface area contributed by atoms with E-state index in [1.165, 1.54) is 18.9 Å². The van der Waals surface area contributed by atoms with Gasteiger partial charge in [0.05, 0.1) is 4.92 Å². The molecule has 1 aliphatic rings. The van der Waals surface area contributed by atoms with Gasteiger partial charge in [0.25, 0.3) is 5.69 Å². The maximum atomic E-state index is 10.8. The Bertz CT molecular complexity index is 433. The number of nitro groups is 1. The first-order chi connectivity index (χ1) is 8.66. The molecule has 5 nitrogen and oxygen atoms in total. The van der Waals surface area contributed by atoms with Crippen LogP contribution in [0.25, 0.3) is 0 Å². The Morgan fingerprint density at radius 3 is 3.06 bits per heavy atom. The number of nitro benzene ring substituents is 1. The van der Waals surface area contributed by atoms with Crippen molar-refractivity contribution in [3.8, 4) is 0 Å². The number of nitrogens with zero attached hydrogens (tertiary/aromatic N) is 1. The van der Waals surface area contributed by atoms with Crippen molar-refractivity contribution in [2.24, 2.45) is 5.92 Å². The highest BCUT2D eigenvalue weighted by atomic mass is 35.5. The van der Waals surface area contributed by atoms with Crippen LogP contribution in [0, 0.1) is 16.0 Å². The molecule has 0 bridgehead atoms. The van der Waals surface area contributed by atoms with E-state index in [-0.39, 0.29) is 10.7 Å². The molecule has 0 amide bonds. The maximum absolute atomic E-state index is 10.8. The zero-order valence-corrected chi connectivity index (χ0v) is 10.7. The van der Waals surface area contributed by atoms with Crippen molar-refractivity contribution in [1.29, 1.82) is 0 Å². The van der Waals surface area contributed by atoms with Crippen LogP contribution in [0.2, 0.25) is 5.02 Å². The maximum Gasteiger partial charge on any atom is 0.289 e. The predicted octanol–water partition coefficient (Wildman–Crippen LogP) is 2.66. The van der Waals surface area contributed by atoms with Crippen LogP contribution in [0.1, 0.15) is 12.8 Å². The quantitative estimate of drug-likeness (QED) is 0.651. The average molecular weight is 270 g/mol. The SMILES string of the molecule is O=[N+]([O-])c1cc(NCC2CCCNC2)ccc1Cl. The van der Waals surface area contributed by atoms with Crippen molar-refractivity contribution < 1.29 is 4.92 Å². The van der Waals surface area contributed by atoms with Crippen LogP contribution < -0.4 is 10.6 Å². The summed E-state index contributed by atoms with van der Waals surface area (Å²) in [4.78, 5) is 10.3. The molecule has 6 heteroatoms. The summed E-state index contributed by atoms with van der Waals surface area (Å²) in [5.41, 5.74) is 0.695. The molecule has 0 aromatic heterocycles. The summed E-state index contributed by atoms with van der Waals surface area (Å²) in [6.45, 7) is 2.91. The minimum atomic E-state index is -0.463. The molecule has 0 radical (unpaired) electrons. The summed E-state index contributed by atoms with van der Waals surface area (Å²) in [7, 11) is 0. The Hall–Kier alpha value is -1.33. The topological polar surface area (TPSA) is 67.2 Å². The van der Waals surface area contributed by atoms with Crippen molar-refractivity contribution in [2.45, 2.75) is 12.8 Å². The number of anilines is 1. The van der Waals surface area contributed by atoms with Crippen molar-refractivity contribution in [2.75, 3.05) is 25.0 Å². The van der Waals surface area contributed by atoms with Crippen molar-refractivity contribution in [3.05, 3.63) is 33.3 Å². The van der Waals surface area contributed by atoms with Gasteiger partial charge in [-0.05, 0) is 44.0 Å². The second-order valence-electron chi connectivity index (χ2n) is 4.52. The molecular formula is C12H16ClN3O2. The van der Waals surface area contributed by atoms with Crippen LogP contribution in [0.3, 0.4) is 0 Å². The summed E-state index contributed by atoms with van der Waals surface area (Å²) in [5, 5.41) is 17.5. The van der Waals surface area contributed by atoms with Gasteiger partial charge in [0, 0.05) is 18.3 Å². The lowest BCUT2D eigenvalue weighted by molar-refractivity contribution is -0.384. The van der Waals surface area contributed by atoms with Gasteiger partial charge in [-0.2, -0.15) is 0 Å². The van der Waals surface area contributed by atoms with Gasteiger partial charge in [0.1, 0.15) is 5.02 Å². The molecule has 0 aliphatic carbocycles. The molecule has 18 heavy (non-hydrogen) atoms. The standard InChI is InChI=1S/C12H16ClN3O2/c13-11-4-3-10(6-12(11)16(17)18)15-8-9-2-1-5-14-7-9/h3-4,6,9,14-15H,1-2,5,7-8H2. The highest BCUT2D eigenvalue weighted by Gasteiger charge is 2.15. The van der Waals surface area contributed by atoms with E-state index in [2.05, 4.69) is 10.6 Å². The van der Waals surface area contributed by atoms with Crippen LogP contribution in [-0.4, -0.2) is 24.6 Å². The smallest absolute Gasteiger partial charge is 0.289 e. The molecule has 2 N–H and O–H groups in total. The predicted molar refractivity (Wildman–Crippen MR) is 72.2 cm³/mol. The van der Waals surface area contributed by atoms with Gasteiger partial charge >= 0.3 is 0 Å². The molecule has 1 heterocycles. The normalized spacial score (nSPS) is 19.5. The highest BCUT2D eigenvalue weighted by Crippen LogP contribution is 2.27. The zero-order chi connectivity index (χ0) is 13.0. The summed E-state index contributed by atoms with van der Waals surface area (Å²) in [6.07, 6.45) is 2.38. The second kappa shape index (κ2) is 6.02. The third kappa shape index (κ3) is 3.34. The Balaban J connectivity index is 1.96. The van der Waals surface area contributed by atoms with E-state index in [1.54, 1.807) is 12.1 Å². The zero-order valence-electron chi connectivity index (χ0n) is 9.99. The first kappa shape index (κ1) is 13.1. The van der Waals surface area contributed by atoms with Gasteiger partial charge < -0.3 is 10.6 Å². The molecule has 0 saturated carbocycles. The number of piperidine rings is 1. The molecular weight excluding hydrogens is 254 g/mol. The molecule has 1 atom stereocenters. The average Bonchev–Trinajstić information content (AvgIpc) is 2.38. The molecule has 1 aliphatic heterocycles. The van der Waals surface area contributed by atoms with Crippen LogP contribution in [-0.2, 0) is 0 Å². The van der Waals surface area contributed by atoms with E-state index < -0.39 is 4.92 Å². The first-order valence-electron chi connectivity index (χ1n) is 6.05. The summed E-state index contributed by atoms with van der Waals surface area (Å²) >= 11 is 5.76. The van der Waals surface area contributed by atoms with E-state index in [0.717, 1.165) is 25.3 Å². The third-order valence-corrected chi connectivity index (χ3v) is 3.46. The van der Waals surface area contributed by atoms with Crippen molar-refractivity contribution >= 4 is 23.0 Å². The molecule has 2 rings (SSSR count). The molecule has 1 aromatic rings. The van der Waals surface area contributed by atoms with Gasteiger partial charge in [-0.3, -0.25) is 10.1 Å². The fraction of sp³-hybridized carbons (Fsp3) is 0.500. The third-order valence-electron chi connectivity index (χ3n) is 3.14. The van der Waals surface area contributed by atoms with Crippen LogP contribution in [0.15, 0.2) is 18.2 Å². The van der Waals surface area contributed by atoms with Crippen LogP contribution in [0.5, 0.6) is 0 Å². The molecule has 98 valence electrons. The van der Waals surface area contributed by atoms with Gasteiger partial charge in [0.2, 0.25) is 0 Å². The van der Waals surface area contributed by atoms with E-state index in [9.17, 15) is 10.1 Å². The fourth-order valence-electron chi connectivity index (χ4n) is 2.12. The molecule has 0 spiro atoms. The summed E-state index contributed by atoms with van der Waals surface area (Å²) in [5.74, 6) is 0.577. The number of rotatable bonds is 4.